The highest BCUT2D eigenvalue weighted by molar-refractivity contribution is 6.05. The molecule has 2 amide bonds. The van der Waals surface area contributed by atoms with E-state index in [0.29, 0.717) is 12.1 Å². The third-order valence-electron chi connectivity index (χ3n) is 4.46. The third kappa shape index (κ3) is 6.04. The van der Waals surface area contributed by atoms with E-state index in [1.165, 1.54) is 0 Å². The molecule has 0 unspecified atom stereocenters. The summed E-state index contributed by atoms with van der Waals surface area (Å²) in [6.07, 6.45) is 1.69. The number of carbonyl (C=O) groups is 2. The first-order valence-corrected chi connectivity index (χ1v) is 9.44. The van der Waals surface area contributed by atoms with Crippen molar-refractivity contribution in [1.82, 2.24) is 15.5 Å². The van der Waals surface area contributed by atoms with Crippen molar-refractivity contribution in [2.75, 3.05) is 39.4 Å². The fourth-order valence-electron chi connectivity index (χ4n) is 2.91. The Morgan fingerprint density at radius 2 is 1.61 bits per heavy atom. The molecule has 1 fully saturated rings. The Kier molecular flexibility index (Phi) is 7.35. The first-order valence-electron chi connectivity index (χ1n) is 9.44. The predicted octanol–water partition coefficient (Wildman–Crippen LogP) is 1.91. The summed E-state index contributed by atoms with van der Waals surface area (Å²) >= 11 is 0. The highest BCUT2D eigenvalue weighted by Crippen LogP contribution is 2.07. The zero-order chi connectivity index (χ0) is 19.6. The van der Waals surface area contributed by atoms with Crippen LogP contribution in [0.5, 0.6) is 0 Å². The lowest BCUT2D eigenvalue weighted by Crippen LogP contribution is -2.42. The summed E-state index contributed by atoms with van der Waals surface area (Å²) in [7, 11) is 0. The maximum absolute atomic E-state index is 12.7. The quantitative estimate of drug-likeness (QED) is 0.721. The number of ether oxygens (including phenoxy) is 1. The molecule has 6 heteroatoms. The molecule has 1 heterocycles. The largest absolute Gasteiger partial charge is 0.379 e. The van der Waals surface area contributed by atoms with Crippen LogP contribution in [0.15, 0.2) is 66.4 Å². The van der Waals surface area contributed by atoms with E-state index in [-0.39, 0.29) is 17.5 Å². The number of morpholine rings is 1. The normalized spacial score (nSPS) is 15.1. The molecule has 0 aliphatic carbocycles. The van der Waals surface area contributed by atoms with Gasteiger partial charge in [0.25, 0.3) is 11.8 Å². The van der Waals surface area contributed by atoms with E-state index in [4.69, 9.17) is 4.74 Å². The molecule has 0 bridgehead atoms. The SMILES string of the molecule is O=C(NCCN1CCOCC1)C(=Cc1ccccc1)NC(=O)c1ccccc1. The molecule has 0 radical (unpaired) electrons. The summed E-state index contributed by atoms with van der Waals surface area (Å²) in [6.45, 7) is 4.44. The predicted molar refractivity (Wildman–Crippen MR) is 109 cm³/mol. The van der Waals surface area contributed by atoms with Crippen LogP contribution in [0.1, 0.15) is 15.9 Å². The summed E-state index contributed by atoms with van der Waals surface area (Å²) in [5.74, 6) is -0.618. The Bertz CT molecular complexity index is 800. The van der Waals surface area contributed by atoms with Gasteiger partial charge in [0.15, 0.2) is 0 Å². The maximum atomic E-state index is 12.7. The number of carbonyl (C=O) groups excluding carboxylic acids is 2. The number of nitrogens with zero attached hydrogens (tertiary/aromatic N) is 1. The van der Waals surface area contributed by atoms with Gasteiger partial charge >= 0.3 is 0 Å². The van der Waals surface area contributed by atoms with Crippen molar-refractivity contribution in [3.8, 4) is 0 Å². The molecule has 2 N–H and O–H groups in total. The summed E-state index contributed by atoms with van der Waals surface area (Å²) in [6, 6.07) is 18.3. The van der Waals surface area contributed by atoms with Crippen LogP contribution in [0.4, 0.5) is 0 Å². The van der Waals surface area contributed by atoms with E-state index in [1.54, 1.807) is 30.3 Å². The Morgan fingerprint density at radius 1 is 0.964 bits per heavy atom. The molecule has 2 aromatic carbocycles. The first-order chi connectivity index (χ1) is 13.7. The Balaban J connectivity index is 1.65. The number of benzene rings is 2. The second-order valence-electron chi connectivity index (χ2n) is 6.50. The van der Waals surface area contributed by atoms with Crippen LogP contribution in [0, 0.1) is 0 Å². The van der Waals surface area contributed by atoms with Gasteiger partial charge in [-0.1, -0.05) is 48.5 Å². The van der Waals surface area contributed by atoms with Crippen LogP contribution >= 0.6 is 0 Å². The van der Waals surface area contributed by atoms with Gasteiger partial charge in [-0.2, -0.15) is 0 Å². The number of hydrogen-bond donors (Lipinski definition) is 2. The molecule has 0 aromatic heterocycles. The Morgan fingerprint density at radius 3 is 2.29 bits per heavy atom. The van der Waals surface area contributed by atoms with Crippen LogP contribution in [0.3, 0.4) is 0 Å². The van der Waals surface area contributed by atoms with E-state index in [2.05, 4.69) is 15.5 Å². The van der Waals surface area contributed by atoms with Gasteiger partial charge in [0.05, 0.1) is 13.2 Å². The van der Waals surface area contributed by atoms with Crippen molar-refractivity contribution in [3.05, 3.63) is 77.5 Å². The van der Waals surface area contributed by atoms with Crippen molar-refractivity contribution in [2.24, 2.45) is 0 Å². The van der Waals surface area contributed by atoms with Crippen molar-refractivity contribution < 1.29 is 14.3 Å². The number of amides is 2. The molecule has 0 spiro atoms. The zero-order valence-electron chi connectivity index (χ0n) is 15.8. The van der Waals surface area contributed by atoms with Gasteiger partial charge in [0, 0.05) is 31.7 Å². The van der Waals surface area contributed by atoms with Crippen molar-refractivity contribution in [1.29, 1.82) is 0 Å². The van der Waals surface area contributed by atoms with Crippen LogP contribution in [0.2, 0.25) is 0 Å². The van der Waals surface area contributed by atoms with Gasteiger partial charge in [-0.3, -0.25) is 14.5 Å². The smallest absolute Gasteiger partial charge is 0.267 e. The average Bonchev–Trinajstić information content (AvgIpc) is 2.75. The summed E-state index contributed by atoms with van der Waals surface area (Å²) in [5, 5.41) is 5.65. The first kappa shape index (κ1) is 19.8. The monoisotopic (exact) mass is 379 g/mol. The molecule has 1 saturated heterocycles. The summed E-state index contributed by atoms with van der Waals surface area (Å²) < 4.78 is 5.33. The molecule has 3 rings (SSSR count). The van der Waals surface area contributed by atoms with Crippen molar-refractivity contribution >= 4 is 17.9 Å². The second-order valence-corrected chi connectivity index (χ2v) is 6.50. The average molecular weight is 379 g/mol. The molecule has 146 valence electrons. The molecular formula is C22H25N3O3. The Hall–Kier alpha value is -2.96. The van der Waals surface area contributed by atoms with Crippen LogP contribution in [-0.2, 0) is 9.53 Å². The van der Waals surface area contributed by atoms with Crippen molar-refractivity contribution in [2.45, 2.75) is 0 Å². The van der Waals surface area contributed by atoms with Gasteiger partial charge in [0.2, 0.25) is 0 Å². The van der Waals surface area contributed by atoms with Gasteiger partial charge < -0.3 is 15.4 Å². The van der Waals surface area contributed by atoms with E-state index in [0.717, 1.165) is 38.4 Å². The van der Waals surface area contributed by atoms with Crippen molar-refractivity contribution in [3.63, 3.8) is 0 Å². The molecule has 2 aromatic rings. The van der Waals surface area contributed by atoms with Gasteiger partial charge in [-0.25, -0.2) is 0 Å². The van der Waals surface area contributed by atoms with Crippen LogP contribution < -0.4 is 10.6 Å². The fourth-order valence-corrected chi connectivity index (χ4v) is 2.91. The lowest BCUT2D eigenvalue weighted by Gasteiger charge is -2.26. The molecule has 1 aliphatic rings. The summed E-state index contributed by atoms with van der Waals surface area (Å²) in [4.78, 5) is 27.5. The van der Waals surface area contributed by atoms with Crippen LogP contribution in [0.25, 0.3) is 6.08 Å². The minimum absolute atomic E-state index is 0.224. The van der Waals surface area contributed by atoms with E-state index >= 15 is 0 Å². The Labute approximate surface area is 165 Å². The molecule has 28 heavy (non-hydrogen) atoms. The summed E-state index contributed by atoms with van der Waals surface area (Å²) in [5.41, 5.74) is 1.57. The molecule has 0 saturated carbocycles. The number of nitrogens with one attached hydrogen (secondary N) is 2. The third-order valence-corrected chi connectivity index (χ3v) is 4.46. The zero-order valence-corrected chi connectivity index (χ0v) is 15.8. The minimum Gasteiger partial charge on any atom is -0.379 e. The van der Waals surface area contributed by atoms with E-state index < -0.39 is 0 Å². The van der Waals surface area contributed by atoms with Crippen LogP contribution in [-0.4, -0.2) is 56.1 Å². The lowest BCUT2D eigenvalue weighted by atomic mass is 10.1. The van der Waals surface area contributed by atoms with Gasteiger partial charge in [-0.15, -0.1) is 0 Å². The number of rotatable bonds is 7. The van der Waals surface area contributed by atoms with E-state index in [9.17, 15) is 9.59 Å². The molecule has 6 nitrogen and oxygen atoms in total. The molecule has 1 aliphatic heterocycles. The topological polar surface area (TPSA) is 70.7 Å². The molecule has 0 atom stereocenters. The van der Waals surface area contributed by atoms with Gasteiger partial charge in [0.1, 0.15) is 5.70 Å². The fraction of sp³-hybridized carbons (Fsp3) is 0.273. The lowest BCUT2D eigenvalue weighted by molar-refractivity contribution is -0.117. The highest BCUT2D eigenvalue weighted by Gasteiger charge is 2.15. The van der Waals surface area contributed by atoms with E-state index in [1.807, 2.05) is 36.4 Å². The highest BCUT2D eigenvalue weighted by atomic mass is 16.5. The minimum atomic E-state index is -0.314. The standard InChI is InChI=1S/C22H25N3O3/c26-21(19-9-5-2-6-10-19)24-20(17-18-7-3-1-4-8-18)22(27)23-11-12-25-13-15-28-16-14-25/h1-10,17H,11-16H2,(H,23,27)(H,24,26). The maximum Gasteiger partial charge on any atom is 0.267 e. The van der Waals surface area contributed by atoms with Gasteiger partial charge in [-0.05, 0) is 23.8 Å². The molecular weight excluding hydrogens is 354 g/mol. The number of hydrogen-bond acceptors (Lipinski definition) is 4. The second kappa shape index (κ2) is 10.4.